The second-order valence-corrected chi connectivity index (χ2v) is 9.98. The molecule has 0 aromatic carbocycles. The zero-order chi connectivity index (χ0) is 17.9. The van der Waals surface area contributed by atoms with Gasteiger partial charge in [-0.2, -0.15) is 13.2 Å². The predicted octanol–water partition coefficient (Wildman–Crippen LogP) is 4.94. The molecule has 0 spiro atoms. The Labute approximate surface area is 137 Å². The minimum absolute atomic E-state index is 0. The molecule has 0 rings (SSSR count). The molecule has 0 fully saturated rings. The van der Waals surface area contributed by atoms with Crippen molar-refractivity contribution in [3.05, 3.63) is 11.8 Å². The average Bonchev–Trinajstić information content (AvgIpc) is 2.12. The third-order valence-corrected chi connectivity index (χ3v) is 2.49. The van der Waals surface area contributed by atoms with E-state index in [1.54, 1.807) is 0 Å². The molecule has 0 unspecified atom stereocenters. The first-order valence-electron chi connectivity index (χ1n) is 5.67. The molecule has 0 saturated heterocycles. The van der Waals surface area contributed by atoms with E-state index in [1.807, 2.05) is 0 Å². The van der Waals surface area contributed by atoms with Crippen molar-refractivity contribution in [2.45, 2.75) is 46.6 Å². The maximum Gasteiger partial charge on any atom is 0.457 e. The number of allylic oxidation sites excluding steroid dienone is 1. The van der Waals surface area contributed by atoms with Crippen LogP contribution in [0.1, 0.15) is 20.8 Å². The van der Waals surface area contributed by atoms with Gasteiger partial charge in [0.1, 0.15) is 5.78 Å². The Hall–Kier alpha value is -0.804. The van der Waals surface area contributed by atoms with Gasteiger partial charge in [0.25, 0.3) is 0 Å². The van der Waals surface area contributed by atoms with Crippen LogP contribution >= 0.6 is 0 Å². The Bertz CT molecular complexity index is 349. The number of rotatable bonds is 1. The third-order valence-electron chi connectivity index (χ3n) is 1.16. The van der Waals surface area contributed by atoms with Crippen LogP contribution in [0, 0.1) is 0 Å². The second-order valence-electron chi connectivity index (χ2n) is 4.91. The molecule has 0 aromatic rings. The summed E-state index contributed by atoms with van der Waals surface area (Å²) in [4.78, 5) is 9.44. The van der Waals surface area contributed by atoms with Gasteiger partial charge in [0.15, 0.2) is 0 Å². The fraction of sp³-hybridized carbons (Fsp3) is 0.636. The molecule has 0 aliphatic heterocycles. The van der Waals surface area contributed by atoms with E-state index in [2.05, 4.69) is 38.3 Å². The van der Waals surface area contributed by atoms with Crippen molar-refractivity contribution in [2.75, 3.05) is 0 Å². The number of alkyl halides is 3. The number of carbonyl (C=O) groups is 1. The maximum atomic E-state index is 11.1. The van der Waals surface area contributed by atoms with E-state index in [0.717, 1.165) is 5.21 Å². The molecule has 3 nitrogen and oxygen atoms in total. The van der Waals surface area contributed by atoms with Gasteiger partial charge in [-0.1, -0.05) is 50.1 Å². The molecule has 0 amide bonds. The van der Waals surface area contributed by atoms with Gasteiger partial charge >= 0.3 is 12.0 Å². The Balaban J connectivity index is -0.000000118. The van der Waals surface area contributed by atoms with Gasteiger partial charge < -0.3 is 4.79 Å². The number of hydrogen-bond donors (Lipinski definition) is 0. The molecule has 0 aliphatic rings. The van der Waals surface area contributed by atoms with E-state index in [1.165, 1.54) is 13.8 Å². The predicted molar refractivity (Wildman–Crippen MR) is 73.2 cm³/mol. The summed E-state index contributed by atoms with van der Waals surface area (Å²) in [7, 11) is -0.838. The summed E-state index contributed by atoms with van der Waals surface area (Å²) in [6.07, 6.45) is -3.32. The van der Waals surface area contributed by atoms with Crippen LogP contribution in [-0.4, -0.2) is 31.2 Å². The largest absolute Gasteiger partial charge is 0.457 e. The van der Waals surface area contributed by atoms with Crippen molar-refractivity contribution in [2.24, 2.45) is 5.21 Å². The molecule has 11 heteroatoms. The summed E-state index contributed by atoms with van der Waals surface area (Å²) >= 11 is 0. The van der Waals surface area contributed by atoms with Gasteiger partial charge in [-0.05, 0) is 26.1 Å². The van der Waals surface area contributed by atoms with Gasteiger partial charge in [0, 0.05) is 17.1 Å². The minimum atomic E-state index is -5.46. The number of nitrogens with zero attached hydrogens (tertiary/aromatic N) is 2. The first-order valence-corrected chi connectivity index (χ1v) is 9.25. The van der Waals surface area contributed by atoms with E-state index in [9.17, 15) is 31.4 Å². The molecule has 0 heterocycles. The monoisotopic (exact) mass is 401 g/mol. The Morgan fingerprint density at radius 2 is 1.45 bits per heavy atom. The number of amidine groups is 1. The molecule has 0 aliphatic carbocycles. The number of Topliss-reactive ketones (excluding diaryl/α,β-unsaturated/α-hetero) is 1. The smallest absolute Gasteiger partial charge is 0.300 e. The van der Waals surface area contributed by atoms with Crippen LogP contribution in [0.2, 0.25) is 19.6 Å². The maximum absolute atomic E-state index is 11.1. The SMILES string of the molecule is CC(C)=O.CC=C[Si](C)(C)C.FN=C(N(F)F)C(F)(F)F.[Cu]. The number of ketones is 1. The van der Waals surface area contributed by atoms with Crippen LogP contribution in [0.15, 0.2) is 17.0 Å². The van der Waals surface area contributed by atoms with Gasteiger partial charge in [-0.3, -0.25) is 0 Å². The van der Waals surface area contributed by atoms with Gasteiger partial charge in [-0.15, -0.1) is 0 Å². The van der Waals surface area contributed by atoms with E-state index >= 15 is 0 Å². The topological polar surface area (TPSA) is 32.7 Å². The van der Waals surface area contributed by atoms with Crippen molar-refractivity contribution in [3.63, 3.8) is 0 Å². The Kier molecular flexibility index (Phi) is 18.4. The zero-order valence-electron chi connectivity index (χ0n) is 13.0. The molecule has 0 atom stereocenters. The van der Waals surface area contributed by atoms with Crippen LogP contribution in [0.25, 0.3) is 0 Å². The van der Waals surface area contributed by atoms with Crippen LogP contribution in [-0.2, 0) is 21.9 Å². The van der Waals surface area contributed by atoms with Crippen molar-refractivity contribution < 1.29 is 48.5 Å². The quantitative estimate of drug-likeness (QED) is 0.205. The molecule has 0 saturated carbocycles. The third kappa shape index (κ3) is 27.5. The van der Waals surface area contributed by atoms with Crippen molar-refractivity contribution >= 4 is 19.7 Å². The van der Waals surface area contributed by atoms with Crippen LogP contribution in [0.5, 0.6) is 0 Å². The van der Waals surface area contributed by atoms with Crippen LogP contribution in [0.3, 0.4) is 0 Å². The molecule has 22 heavy (non-hydrogen) atoms. The fourth-order valence-electron chi connectivity index (χ4n) is 0.672. The Morgan fingerprint density at radius 3 is 1.45 bits per heavy atom. The summed E-state index contributed by atoms with van der Waals surface area (Å²) in [5, 5.41) is -1.62. The zero-order valence-corrected chi connectivity index (χ0v) is 15.0. The molecular formula is C11H20CuF6N2OSi. The summed E-state index contributed by atoms with van der Waals surface area (Å²) in [6.45, 7) is 12.1. The molecule has 0 N–H and O–H groups in total. The summed E-state index contributed by atoms with van der Waals surface area (Å²) in [5.41, 5.74) is 2.33. The summed E-state index contributed by atoms with van der Waals surface area (Å²) in [5.74, 6) is -2.70. The summed E-state index contributed by atoms with van der Waals surface area (Å²) in [6, 6.07) is 0. The number of hydrogen-bond acceptors (Lipinski definition) is 2. The second kappa shape index (κ2) is 13.8. The van der Waals surface area contributed by atoms with Crippen molar-refractivity contribution in [3.8, 4) is 0 Å². The molecular weight excluding hydrogens is 382 g/mol. The van der Waals surface area contributed by atoms with Crippen molar-refractivity contribution in [1.29, 1.82) is 0 Å². The first-order chi connectivity index (χ1) is 9.18. The van der Waals surface area contributed by atoms with Gasteiger partial charge in [-0.25, -0.2) is 0 Å². The first kappa shape index (κ1) is 29.2. The number of halogens is 6. The minimum Gasteiger partial charge on any atom is -0.300 e. The number of carbonyl (C=O) groups excluding carboxylic acids is 1. The normalized spacial score (nSPS) is 11.5. The molecule has 137 valence electrons. The van der Waals surface area contributed by atoms with Crippen LogP contribution < -0.4 is 0 Å². The van der Waals surface area contributed by atoms with E-state index in [-0.39, 0.29) is 22.9 Å². The molecule has 0 bridgehead atoms. The average molecular weight is 402 g/mol. The molecule has 0 aromatic heterocycles. The summed E-state index contributed by atoms with van der Waals surface area (Å²) < 4.78 is 65.9. The van der Waals surface area contributed by atoms with Crippen LogP contribution in [0.4, 0.5) is 26.6 Å². The fourth-order valence-corrected chi connectivity index (χ4v) is 1.67. The van der Waals surface area contributed by atoms with E-state index in [4.69, 9.17) is 0 Å². The standard InChI is InChI=1S/C6H14Si.C3H6O.C2F6N2.Cu/c1-5-6-7(2,3)4;1-3(2)4;3-2(4,5)1(9-6)10(7)8;/h5-6H,1-4H3;1-2H3;;. The van der Waals surface area contributed by atoms with E-state index < -0.39 is 25.4 Å². The van der Waals surface area contributed by atoms with E-state index in [0.29, 0.717) is 0 Å². The Morgan fingerprint density at radius 1 is 1.14 bits per heavy atom. The molecule has 1 radical (unpaired) electrons. The van der Waals surface area contributed by atoms with Gasteiger partial charge in [0.05, 0.1) is 8.07 Å². The van der Waals surface area contributed by atoms with Crippen molar-refractivity contribution in [1.82, 2.24) is 5.34 Å². The van der Waals surface area contributed by atoms with Gasteiger partial charge in [0.2, 0.25) is 0 Å².